The number of hydrogen-bond acceptors (Lipinski definition) is 1. The fourth-order valence-corrected chi connectivity index (χ4v) is 0. The van der Waals surface area contributed by atoms with Crippen LogP contribution in [0.2, 0.25) is 0 Å². The summed E-state index contributed by atoms with van der Waals surface area (Å²) >= 11 is -2.66. The third kappa shape index (κ3) is 11.5. The van der Waals surface area contributed by atoms with Crippen LogP contribution in [0, 0.1) is 0 Å². The molecule has 0 atom stereocenters. The van der Waals surface area contributed by atoms with Gasteiger partial charge in [-0.3, -0.25) is 0 Å². The molecule has 0 bridgehead atoms. The predicted molar refractivity (Wildman–Crippen MR) is 12.4 cm³/mol. The summed E-state index contributed by atoms with van der Waals surface area (Å²) < 4.78 is 9.23. The zero-order valence-corrected chi connectivity index (χ0v) is 5.09. The Balaban J connectivity index is 2.80. The summed E-state index contributed by atoms with van der Waals surface area (Å²) in [4.78, 5) is 0. The van der Waals surface area contributed by atoms with Gasteiger partial charge >= 0.3 is 37.4 Å². The topological polar surface area (TPSA) is 17.1 Å². The zero-order chi connectivity index (χ0) is 3.58. The quantitative estimate of drug-likeness (QED) is 0.516. The number of hydrogen-bond donors (Lipinski definition) is 0. The molecule has 0 rings (SSSR count). The van der Waals surface area contributed by atoms with Crippen molar-refractivity contribution in [2.75, 3.05) is 0 Å². The second-order valence-electron chi connectivity index (χ2n) is 0.184. The van der Waals surface area contributed by atoms with Gasteiger partial charge in [0.05, 0.1) is 0 Å². The van der Waals surface area contributed by atoms with Gasteiger partial charge in [0.15, 0.2) is 0 Å². The molecule has 0 aromatic rings. The van der Waals surface area contributed by atoms with Gasteiger partial charge in [0.25, 0.3) is 0 Å². The normalized spacial score (nSPS) is 8.75. The van der Waals surface area contributed by atoms with Crippen LogP contribution in [0.5, 0.6) is 0 Å². The van der Waals surface area contributed by atoms with Crippen molar-refractivity contribution >= 4 is 18.8 Å². The number of halogens is 2. The van der Waals surface area contributed by atoms with Crippen molar-refractivity contribution in [1.29, 1.82) is 0 Å². The number of rotatable bonds is 0. The Kier molecular flexibility index (Phi) is 2.93. The molecule has 0 amide bonds. The monoisotopic (exact) mass is 184 g/mol. The molecule has 1 nitrogen and oxygen atoms in total. The molecule has 0 aromatic carbocycles. The molecule has 0 saturated heterocycles. The van der Waals surface area contributed by atoms with Crippen molar-refractivity contribution in [1.82, 2.24) is 0 Å². The van der Waals surface area contributed by atoms with Crippen LogP contribution in [-0.4, -0.2) is 0 Å². The van der Waals surface area contributed by atoms with Gasteiger partial charge in [0.2, 0.25) is 0 Å². The summed E-state index contributed by atoms with van der Waals surface area (Å²) in [5.74, 6) is 0. The Morgan fingerprint density at radius 2 is 1.50 bits per heavy atom. The zero-order valence-electron chi connectivity index (χ0n) is 1.57. The SMILES string of the molecule is [O]=[Mo]([Cl])[Cl]. The van der Waals surface area contributed by atoms with Crippen LogP contribution < -0.4 is 0 Å². The van der Waals surface area contributed by atoms with Gasteiger partial charge in [-0.1, -0.05) is 0 Å². The van der Waals surface area contributed by atoms with E-state index in [1.807, 2.05) is 0 Å². The van der Waals surface area contributed by atoms with Crippen molar-refractivity contribution in [2.24, 2.45) is 0 Å². The molecule has 0 saturated carbocycles. The van der Waals surface area contributed by atoms with Crippen molar-refractivity contribution < 1.29 is 18.6 Å². The van der Waals surface area contributed by atoms with E-state index < -0.39 is 15.2 Å². The van der Waals surface area contributed by atoms with Gasteiger partial charge < -0.3 is 0 Å². The van der Waals surface area contributed by atoms with Gasteiger partial charge in [0, 0.05) is 0 Å². The average molecular weight is 183 g/mol. The standard InChI is InChI=1S/2ClH.Mo.O/h2*1H;;/q;;+2;/p-2. The first kappa shape index (κ1) is 5.07. The van der Waals surface area contributed by atoms with Crippen molar-refractivity contribution in [3.63, 3.8) is 0 Å². The Hall–Kier alpha value is 1.07. The van der Waals surface area contributed by atoms with Gasteiger partial charge in [0.1, 0.15) is 0 Å². The van der Waals surface area contributed by atoms with E-state index in [1.165, 1.54) is 0 Å². The van der Waals surface area contributed by atoms with Crippen LogP contribution in [0.1, 0.15) is 0 Å². The van der Waals surface area contributed by atoms with Crippen LogP contribution in [0.4, 0.5) is 0 Å². The fourth-order valence-electron chi connectivity index (χ4n) is 0. The van der Waals surface area contributed by atoms with Crippen molar-refractivity contribution in [3.8, 4) is 0 Å². The molecular weight excluding hydrogens is 183 g/mol. The molecule has 0 heterocycles. The minimum absolute atomic E-state index is 2.66. The Morgan fingerprint density at radius 3 is 1.50 bits per heavy atom. The summed E-state index contributed by atoms with van der Waals surface area (Å²) in [6.07, 6.45) is 0. The van der Waals surface area contributed by atoms with Crippen LogP contribution in [0.3, 0.4) is 0 Å². The van der Waals surface area contributed by atoms with Gasteiger partial charge in [-0.25, -0.2) is 0 Å². The Labute approximate surface area is 37.6 Å². The van der Waals surface area contributed by atoms with Crippen LogP contribution in [0.25, 0.3) is 0 Å². The van der Waals surface area contributed by atoms with Crippen LogP contribution >= 0.6 is 18.8 Å². The minimum atomic E-state index is -2.66. The van der Waals surface area contributed by atoms with E-state index in [1.54, 1.807) is 0 Å². The molecule has 26 valence electrons. The van der Waals surface area contributed by atoms with Gasteiger partial charge in [-0.15, -0.1) is 0 Å². The summed E-state index contributed by atoms with van der Waals surface area (Å²) in [6.45, 7) is 0. The van der Waals surface area contributed by atoms with Crippen molar-refractivity contribution in [3.05, 3.63) is 0 Å². The van der Waals surface area contributed by atoms with Gasteiger partial charge in [-0.2, -0.15) is 0 Å². The molecule has 0 N–H and O–H groups in total. The van der Waals surface area contributed by atoms with E-state index in [0.29, 0.717) is 0 Å². The van der Waals surface area contributed by atoms with Gasteiger partial charge in [-0.05, 0) is 0 Å². The van der Waals surface area contributed by atoms with E-state index in [0.717, 1.165) is 0 Å². The van der Waals surface area contributed by atoms with E-state index in [4.69, 9.17) is 0 Å². The molecule has 0 spiro atoms. The maximum absolute atomic E-state index is 9.23. The third-order valence-corrected chi connectivity index (χ3v) is 0. The molecule has 0 aliphatic heterocycles. The summed E-state index contributed by atoms with van der Waals surface area (Å²) in [5.41, 5.74) is 0. The second kappa shape index (κ2) is 2.31. The third-order valence-electron chi connectivity index (χ3n) is 0. The average Bonchev–Trinajstić information content (AvgIpc) is 0.811. The van der Waals surface area contributed by atoms with Crippen LogP contribution in [0.15, 0.2) is 0 Å². The summed E-state index contributed by atoms with van der Waals surface area (Å²) in [5, 5.41) is 0. The second-order valence-corrected chi connectivity index (χ2v) is 5.34. The van der Waals surface area contributed by atoms with E-state index in [2.05, 4.69) is 18.8 Å². The summed E-state index contributed by atoms with van der Waals surface area (Å²) in [6, 6.07) is 0. The Morgan fingerprint density at radius 1 is 1.50 bits per heavy atom. The first-order chi connectivity index (χ1) is 1.73. The molecule has 0 unspecified atom stereocenters. The predicted octanol–water partition coefficient (Wildman–Crippen LogP) is 1.26. The Bertz CT molecular complexity index is 29.0. The van der Waals surface area contributed by atoms with E-state index in [9.17, 15) is 3.40 Å². The molecule has 0 radical (unpaired) electrons. The van der Waals surface area contributed by atoms with E-state index in [-0.39, 0.29) is 0 Å². The molecular formula is Cl2MoO. The fraction of sp³-hybridized carbons (Fsp3) is 0. The van der Waals surface area contributed by atoms with E-state index >= 15 is 0 Å². The first-order valence-corrected chi connectivity index (χ1v) is 6.46. The maximum atomic E-state index is 9.23. The molecule has 4 heteroatoms. The molecule has 0 fully saturated rings. The van der Waals surface area contributed by atoms with Crippen LogP contribution in [-0.2, 0) is 18.6 Å². The first-order valence-electron chi connectivity index (χ1n) is 0.475. The molecule has 4 heavy (non-hydrogen) atoms. The molecule has 0 aliphatic rings. The molecule has 0 aromatic heterocycles. The summed E-state index contributed by atoms with van der Waals surface area (Å²) in [7, 11) is 9.31. The van der Waals surface area contributed by atoms with Crippen molar-refractivity contribution in [2.45, 2.75) is 0 Å². The molecule has 0 aliphatic carbocycles.